The van der Waals surface area contributed by atoms with Crippen molar-refractivity contribution >= 4 is 37.6 Å². The number of carbonyl (C=O) groups excluding carboxylic acids is 1. The molecule has 1 aliphatic heterocycles. The maximum Gasteiger partial charge on any atom is 0.188 e. The van der Waals surface area contributed by atoms with Crippen LogP contribution < -0.4 is 0 Å². The van der Waals surface area contributed by atoms with Crippen LogP contribution in [0.3, 0.4) is 0 Å². The highest BCUT2D eigenvalue weighted by molar-refractivity contribution is 9.11. The summed E-state index contributed by atoms with van der Waals surface area (Å²) in [6, 6.07) is 0. The number of hydrogen-bond acceptors (Lipinski definition) is 3. The molecule has 0 amide bonds. The first kappa shape index (κ1) is 9.45. The molecule has 7 fully saturated rings. The highest BCUT2D eigenvalue weighted by Crippen LogP contribution is 2.96. The Bertz CT molecular complexity index is 516. The molecule has 7 rings (SSSR count). The van der Waals surface area contributed by atoms with Crippen LogP contribution in [0.25, 0.3) is 0 Å². The van der Waals surface area contributed by atoms with Crippen LogP contribution in [0.2, 0.25) is 0 Å². The summed E-state index contributed by atoms with van der Waals surface area (Å²) in [5, 5.41) is 0. The molecule has 0 aromatic heterocycles. The average molecular weight is 362 g/mol. The molecule has 0 aromatic carbocycles. The van der Waals surface area contributed by atoms with Gasteiger partial charge < -0.3 is 9.47 Å². The molecule has 6 aliphatic carbocycles. The van der Waals surface area contributed by atoms with E-state index in [0.717, 1.165) is 0 Å². The monoisotopic (exact) mass is 360 g/mol. The number of Topliss-reactive ketones (excluding diaryl/α,β-unsaturated/α-hetero) is 1. The molecule has 1 spiro atoms. The van der Waals surface area contributed by atoms with Crippen molar-refractivity contribution in [3.63, 3.8) is 0 Å². The van der Waals surface area contributed by atoms with Gasteiger partial charge in [0.25, 0.3) is 0 Å². The van der Waals surface area contributed by atoms with Gasteiger partial charge in [-0.25, -0.2) is 0 Å². The Kier molecular flexibility index (Phi) is 1.17. The molecule has 7 aliphatic rings. The third-order valence-electron chi connectivity index (χ3n) is 6.62. The molecule has 4 bridgehead atoms. The van der Waals surface area contributed by atoms with Crippen LogP contribution in [0.15, 0.2) is 0 Å². The van der Waals surface area contributed by atoms with Gasteiger partial charge in [-0.2, -0.15) is 0 Å². The summed E-state index contributed by atoms with van der Waals surface area (Å²) in [5.41, 5.74) is 0. The van der Waals surface area contributed by atoms with E-state index < -0.39 is 5.79 Å². The minimum Gasteiger partial charge on any atom is -0.346 e. The van der Waals surface area contributed by atoms with Gasteiger partial charge >= 0.3 is 0 Å². The number of halogens is 2. The van der Waals surface area contributed by atoms with Crippen LogP contribution >= 0.6 is 31.9 Å². The van der Waals surface area contributed by atoms with Gasteiger partial charge in [-0.1, -0.05) is 31.9 Å². The molecular formula is C12H10Br2O3. The predicted molar refractivity (Wildman–Crippen MR) is 63.9 cm³/mol. The van der Waals surface area contributed by atoms with Crippen molar-refractivity contribution in [2.75, 3.05) is 13.2 Å². The highest BCUT2D eigenvalue weighted by atomic mass is 79.9. The molecule has 0 radical (unpaired) electrons. The standard InChI is InChI=1S/C12H10Br2O3/c13-10-5-3-6-4(5)8(10)11(14,7(3)9(10)15)12(6)16-1-2-17-12/h3-8H,1-2H2/t3?,4?,5?,6-,7-,8?,10-,11-/m0/s1. The molecular weight excluding hydrogens is 352 g/mol. The fourth-order valence-electron chi connectivity index (χ4n) is 6.59. The van der Waals surface area contributed by atoms with Crippen LogP contribution in [0.1, 0.15) is 0 Å². The van der Waals surface area contributed by atoms with Gasteiger partial charge in [0.15, 0.2) is 11.6 Å². The Morgan fingerprint density at radius 3 is 2.41 bits per heavy atom. The highest BCUT2D eigenvalue weighted by Gasteiger charge is 3.04. The summed E-state index contributed by atoms with van der Waals surface area (Å²) in [5.74, 6) is 2.68. The number of ether oxygens (including phenoxy) is 2. The van der Waals surface area contributed by atoms with Crippen LogP contribution in [0, 0.1) is 35.5 Å². The van der Waals surface area contributed by atoms with Gasteiger partial charge in [0, 0.05) is 17.8 Å². The van der Waals surface area contributed by atoms with Crippen LogP contribution in [0.4, 0.5) is 0 Å². The average Bonchev–Trinajstić information content (AvgIpc) is 2.89. The second-order valence-electron chi connectivity index (χ2n) is 6.43. The fourth-order valence-corrected chi connectivity index (χ4v) is 10.1. The zero-order valence-corrected chi connectivity index (χ0v) is 12.0. The quantitative estimate of drug-likeness (QED) is 0.611. The zero-order valence-electron chi connectivity index (χ0n) is 8.86. The van der Waals surface area contributed by atoms with Crippen LogP contribution in [-0.2, 0) is 14.3 Å². The third kappa shape index (κ3) is 0.514. The molecule has 3 nitrogen and oxygen atoms in total. The van der Waals surface area contributed by atoms with Crippen molar-refractivity contribution in [1.29, 1.82) is 0 Å². The van der Waals surface area contributed by atoms with Crippen LogP contribution in [0.5, 0.6) is 0 Å². The lowest BCUT2D eigenvalue weighted by Gasteiger charge is -2.66. The largest absolute Gasteiger partial charge is 0.346 e. The Morgan fingerprint density at radius 2 is 1.82 bits per heavy atom. The first-order valence-corrected chi connectivity index (χ1v) is 7.89. The molecule has 0 N–H and O–H groups in total. The van der Waals surface area contributed by atoms with Gasteiger partial charge in [-0.3, -0.25) is 4.79 Å². The lowest BCUT2D eigenvalue weighted by atomic mass is 9.41. The lowest BCUT2D eigenvalue weighted by Crippen LogP contribution is -2.70. The van der Waals surface area contributed by atoms with Crippen molar-refractivity contribution < 1.29 is 14.3 Å². The Labute approximate surface area is 115 Å². The minimum absolute atomic E-state index is 0.130. The molecule has 8 atom stereocenters. The maximum absolute atomic E-state index is 12.6. The van der Waals surface area contributed by atoms with E-state index in [1.807, 2.05) is 0 Å². The van der Waals surface area contributed by atoms with Crippen LogP contribution in [-0.4, -0.2) is 33.4 Å². The fraction of sp³-hybridized carbons (Fsp3) is 0.917. The van der Waals surface area contributed by atoms with E-state index in [9.17, 15) is 4.79 Å². The molecule has 1 saturated heterocycles. The second kappa shape index (κ2) is 2.11. The topological polar surface area (TPSA) is 35.5 Å². The SMILES string of the molecule is O=C1[C@@H]2C3C4C5C([C@]14Br)[C@]2(Br)C1(OCCO1)[C@H]53. The summed E-state index contributed by atoms with van der Waals surface area (Å²) >= 11 is 7.71. The Balaban J connectivity index is 1.70. The molecule has 5 heteroatoms. The lowest BCUT2D eigenvalue weighted by molar-refractivity contribution is -0.219. The van der Waals surface area contributed by atoms with Gasteiger partial charge in [0.2, 0.25) is 0 Å². The van der Waals surface area contributed by atoms with E-state index in [-0.39, 0.29) is 14.6 Å². The van der Waals surface area contributed by atoms with E-state index in [2.05, 4.69) is 31.9 Å². The second-order valence-corrected chi connectivity index (χ2v) is 9.05. The molecule has 4 unspecified atom stereocenters. The van der Waals surface area contributed by atoms with Gasteiger partial charge in [-0.15, -0.1) is 0 Å². The maximum atomic E-state index is 12.6. The number of ketones is 1. The minimum atomic E-state index is -0.476. The van der Waals surface area contributed by atoms with E-state index in [0.29, 0.717) is 48.6 Å². The van der Waals surface area contributed by atoms with E-state index in [4.69, 9.17) is 9.47 Å². The number of hydrogen-bond donors (Lipinski definition) is 0. The summed E-state index contributed by atoms with van der Waals surface area (Å²) in [7, 11) is 0. The van der Waals surface area contributed by atoms with Crippen molar-refractivity contribution in [1.82, 2.24) is 0 Å². The van der Waals surface area contributed by atoms with E-state index in [1.165, 1.54) is 0 Å². The summed E-state index contributed by atoms with van der Waals surface area (Å²) in [4.78, 5) is 12.6. The summed E-state index contributed by atoms with van der Waals surface area (Å²) < 4.78 is 11.6. The van der Waals surface area contributed by atoms with Gasteiger partial charge in [-0.05, 0) is 17.8 Å². The smallest absolute Gasteiger partial charge is 0.188 e. The number of rotatable bonds is 0. The molecule has 17 heavy (non-hydrogen) atoms. The van der Waals surface area contributed by atoms with E-state index >= 15 is 0 Å². The normalized spacial score (nSPS) is 74.6. The van der Waals surface area contributed by atoms with Gasteiger partial charge in [0.05, 0.1) is 21.9 Å². The molecule has 6 saturated carbocycles. The first-order valence-electron chi connectivity index (χ1n) is 6.30. The van der Waals surface area contributed by atoms with Gasteiger partial charge in [0.1, 0.15) is 0 Å². The van der Waals surface area contributed by atoms with Crippen molar-refractivity contribution in [3.8, 4) is 0 Å². The van der Waals surface area contributed by atoms with Crippen molar-refractivity contribution in [3.05, 3.63) is 0 Å². The third-order valence-corrected chi connectivity index (χ3v) is 9.57. The number of alkyl halides is 2. The molecule has 90 valence electrons. The Hall–Kier alpha value is 0.550. The van der Waals surface area contributed by atoms with E-state index in [1.54, 1.807) is 0 Å². The predicted octanol–water partition coefficient (Wildman–Crippen LogP) is 1.33. The van der Waals surface area contributed by atoms with Crippen molar-refractivity contribution in [2.45, 2.75) is 14.4 Å². The number of carbonyl (C=O) groups is 1. The zero-order chi connectivity index (χ0) is 11.4. The Morgan fingerprint density at radius 1 is 1.12 bits per heavy atom. The van der Waals surface area contributed by atoms with Crippen molar-refractivity contribution in [2.24, 2.45) is 35.5 Å². The molecule has 0 aromatic rings. The summed E-state index contributed by atoms with van der Waals surface area (Å²) in [6.07, 6.45) is 0. The first-order chi connectivity index (χ1) is 8.10. The summed E-state index contributed by atoms with van der Waals surface area (Å²) in [6.45, 7) is 1.35. The molecule has 1 heterocycles.